The van der Waals surface area contributed by atoms with Gasteiger partial charge in [0.1, 0.15) is 5.56 Å². The number of sulfonamides is 1. The fraction of sp³-hybridized carbons (Fsp3) is 0.556. The van der Waals surface area contributed by atoms with Crippen molar-refractivity contribution < 1.29 is 17.9 Å². The van der Waals surface area contributed by atoms with E-state index in [-0.39, 0.29) is 18.2 Å². The second-order valence-corrected chi connectivity index (χ2v) is 5.16. The molecule has 0 aliphatic rings. The van der Waals surface area contributed by atoms with E-state index >= 15 is 0 Å². The highest BCUT2D eigenvalue weighted by Crippen LogP contribution is 2.16. The second kappa shape index (κ2) is 4.84. The lowest BCUT2D eigenvalue weighted by Gasteiger charge is -2.02. The van der Waals surface area contributed by atoms with Crippen molar-refractivity contribution in [3.63, 3.8) is 0 Å². The number of aromatic nitrogens is 2. The first-order valence-corrected chi connectivity index (χ1v) is 6.61. The van der Waals surface area contributed by atoms with Crippen LogP contribution in [0, 0.1) is 0 Å². The SMILES string of the molecule is CCOC(=O)c1cn(C(C)C)nc1S(N)(=O)=O. The minimum atomic E-state index is -4.04. The smallest absolute Gasteiger partial charge is 0.342 e. The molecule has 0 aliphatic carbocycles. The Hall–Kier alpha value is -1.41. The average molecular weight is 261 g/mol. The van der Waals surface area contributed by atoms with Gasteiger partial charge in [-0.15, -0.1) is 0 Å². The molecule has 0 unspecified atom stereocenters. The molecular formula is C9H15N3O4S. The van der Waals surface area contributed by atoms with Gasteiger partial charge in [-0.1, -0.05) is 0 Å². The predicted molar refractivity (Wildman–Crippen MR) is 59.9 cm³/mol. The van der Waals surface area contributed by atoms with Gasteiger partial charge in [-0.3, -0.25) is 4.68 Å². The van der Waals surface area contributed by atoms with Gasteiger partial charge in [-0.2, -0.15) is 5.10 Å². The molecule has 0 amide bonds. The molecule has 0 atom stereocenters. The summed E-state index contributed by atoms with van der Waals surface area (Å²) in [5.74, 6) is -0.747. The van der Waals surface area contributed by atoms with Crippen LogP contribution in [0.1, 0.15) is 37.2 Å². The summed E-state index contributed by atoms with van der Waals surface area (Å²) in [7, 11) is -4.04. The number of primary sulfonamides is 1. The number of carbonyl (C=O) groups is 1. The fourth-order valence-electron chi connectivity index (χ4n) is 1.20. The van der Waals surface area contributed by atoms with Crippen LogP contribution in [0.4, 0.5) is 0 Å². The lowest BCUT2D eigenvalue weighted by atomic mass is 10.3. The van der Waals surface area contributed by atoms with Crippen molar-refractivity contribution >= 4 is 16.0 Å². The molecule has 0 bridgehead atoms. The molecule has 0 radical (unpaired) electrons. The molecule has 7 nitrogen and oxygen atoms in total. The van der Waals surface area contributed by atoms with Crippen LogP contribution in [0.2, 0.25) is 0 Å². The highest BCUT2D eigenvalue weighted by molar-refractivity contribution is 7.89. The highest BCUT2D eigenvalue weighted by Gasteiger charge is 2.25. The Kier molecular flexibility index (Phi) is 3.89. The van der Waals surface area contributed by atoms with Crippen LogP contribution in [0.3, 0.4) is 0 Å². The molecule has 1 aromatic heterocycles. The van der Waals surface area contributed by atoms with E-state index in [4.69, 9.17) is 9.88 Å². The Labute approximate surface area is 99.6 Å². The van der Waals surface area contributed by atoms with Gasteiger partial charge in [0.25, 0.3) is 10.0 Å². The summed E-state index contributed by atoms with van der Waals surface area (Å²) in [5, 5.41) is 8.33. The van der Waals surface area contributed by atoms with Crippen molar-refractivity contribution in [1.29, 1.82) is 0 Å². The minimum absolute atomic E-state index is 0.0846. The van der Waals surface area contributed by atoms with Gasteiger partial charge < -0.3 is 4.74 Å². The van der Waals surface area contributed by atoms with Crippen molar-refractivity contribution in [1.82, 2.24) is 9.78 Å². The summed E-state index contributed by atoms with van der Waals surface area (Å²) in [4.78, 5) is 11.6. The van der Waals surface area contributed by atoms with E-state index in [9.17, 15) is 13.2 Å². The standard InChI is InChI=1S/C9H15N3O4S/c1-4-16-9(13)7-5-12(6(2)3)11-8(7)17(10,14)15/h5-6H,4H2,1-3H3,(H2,10,14,15). The number of nitrogens with zero attached hydrogens (tertiary/aromatic N) is 2. The number of rotatable bonds is 4. The number of ether oxygens (including phenoxy) is 1. The van der Waals surface area contributed by atoms with Gasteiger partial charge in [-0.25, -0.2) is 18.4 Å². The van der Waals surface area contributed by atoms with Crippen molar-refractivity contribution in [3.05, 3.63) is 11.8 Å². The predicted octanol–water partition coefficient (Wildman–Crippen LogP) is 0.288. The normalized spacial score (nSPS) is 11.8. The third kappa shape index (κ3) is 3.04. The maximum Gasteiger partial charge on any atom is 0.342 e. The topological polar surface area (TPSA) is 104 Å². The van der Waals surface area contributed by atoms with E-state index in [1.54, 1.807) is 20.8 Å². The molecule has 0 aromatic carbocycles. The van der Waals surface area contributed by atoms with Crippen LogP contribution in [0.5, 0.6) is 0 Å². The molecule has 0 fully saturated rings. The van der Waals surface area contributed by atoms with E-state index in [2.05, 4.69) is 5.10 Å². The Morgan fingerprint density at radius 3 is 2.59 bits per heavy atom. The first kappa shape index (κ1) is 13.7. The van der Waals surface area contributed by atoms with Gasteiger partial charge in [0, 0.05) is 12.2 Å². The maximum absolute atomic E-state index is 11.6. The van der Waals surface area contributed by atoms with E-state index in [0.29, 0.717) is 0 Å². The number of nitrogens with two attached hydrogens (primary N) is 1. The fourth-order valence-corrected chi connectivity index (χ4v) is 1.85. The van der Waals surface area contributed by atoms with E-state index < -0.39 is 21.0 Å². The Balaban J connectivity index is 3.32. The summed E-state index contributed by atoms with van der Waals surface area (Å²) in [6.07, 6.45) is 1.32. The molecule has 1 heterocycles. The van der Waals surface area contributed by atoms with Crippen molar-refractivity contribution in [2.24, 2.45) is 5.14 Å². The minimum Gasteiger partial charge on any atom is -0.462 e. The van der Waals surface area contributed by atoms with Gasteiger partial charge in [-0.05, 0) is 20.8 Å². The molecule has 17 heavy (non-hydrogen) atoms. The van der Waals surface area contributed by atoms with Crippen LogP contribution in [0.25, 0.3) is 0 Å². The first-order chi connectivity index (χ1) is 7.77. The Morgan fingerprint density at radius 1 is 1.59 bits per heavy atom. The molecule has 0 saturated carbocycles. The Bertz CT molecular complexity index is 518. The molecule has 0 spiro atoms. The number of esters is 1. The summed E-state index contributed by atoms with van der Waals surface area (Å²) < 4.78 is 28.7. The zero-order valence-corrected chi connectivity index (χ0v) is 10.7. The van der Waals surface area contributed by atoms with Crippen LogP contribution >= 0.6 is 0 Å². The van der Waals surface area contributed by atoms with Crippen LogP contribution < -0.4 is 5.14 Å². The van der Waals surface area contributed by atoms with Crippen molar-refractivity contribution in [3.8, 4) is 0 Å². The number of hydrogen-bond acceptors (Lipinski definition) is 5. The zero-order valence-electron chi connectivity index (χ0n) is 9.87. The molecule has 96 valence electrons. The zero-order chi connectivity index (χ0) is 13.2. The van der Waals surface area contributed by atoms with Crippen LogP contribution in [0.15, 0.2) is 11.2 Å². The van der Waals surface area contributed by atoms with Gasteiger partial charge in [0.05, 0.1) is 6.61 Å². The van der Waals surface area contributed by atoms with Gasteiger partial charge >= 0.3 is 5.97 Å². The third-order valence-corrected chi connectivity index (χ3v) is 2.83. The quantitative estimate of drug-likeness (QED) is 0.784. The lowest BCUT2D eigenvalue weighted by Crippen LogP contribution is -2.17. The molecule has 8 heteroatoms. The van der Waals surface area contributed by atoms with Crippen LogP contribution in [-0.2, 0) is 14.8 Å². The van der Waals surface area contributed by atoms with E-state index in [1.807, 2.05) is 0 Å². The molecule has 0 saturated heterocycles. The van der Waals surface area contributed by atoms with Crippen molar-refractivity contribution in [2.45, 2.75) is 31.8 Å². The van der Waals surface area contributed by atoms with Crippen LogP contribution in [-0.4, -0.2) is 30.8 Å². The molecule has 1 rings (SSSR count). The summed E-state index contributed by atoms with van der Waals surface area (Å²) in [6.45, 7) is 5.38. The lowest BCUT2D eigenvalue weighted by molar-refractivity contribution is 0.0521. The van der Waals surface area contributed by atoms with Gasteiger partial charge in [0.2, 0.25) is 5.03 Å². The summed E-state index contributed by atoms with van der Waals surface area (Å²) in [5.41, 5.74) is -0.136. The largest absolute Gasteiger partial charge is 0.462 e. The molecule has 2 N–H and O–H groups in total. The molecular weight excluding hydrogens is 246 g/mol. The second-order valence-electron chi connectivity index (χ2n) is 3.69. The van der Waals surface area contributed by atoms with Crippen molar-refractivity contribution in [2.75, 3.05) is 6.61 Å². The Morgan fingerprint density at radius 2 is 2.18 bits per heavy atom. The summed E-state index contributed by atoms with van der Waals surface area (Å²) in [6, 6.07) is -0.0846. The maximum atomic E-state index is 11.6. The number of carbonyl (C=O) groups excluding carboxylic acids is 1. The molecule has 1 aromatic rings. The molecule has 0 aliphatic heterocycles. The van der Waals surface area contributed by atoms with E-state index in [0.717, 1.165) is 0 Å². The van der Waals surface area contributed by atoms with E-state index in [1.165, 1.54) is 10.9 Å². The highest BCUT2D eigenvalue weighted by atomic mass is 32.2. The third-order valence-electron chi connectivity index (χ3n) is 1.99. The van der Waals surface area contributed by atoms with Gasteiger partial charge in [0.15, 0.2) is 0 Å². The summed E-state index contributed by atoms with van der Waals surface area (Å²) >= 11 is 0. The number of hydrogen-bond donors (Lipinski definition) is 1. The average Bonchev–Trinajstić information content (AvgIpc) is 2.61. The monoisotopic (exact) mass is 261 g/mol. The first-order valence-electron chi connectivity index (χ1n) is 5.06.